The lowest BCUT2D eigenvalue weighted by molar-refractivity contribution is 0.962. The van der Waals surface area contributed by atoms with Crippen LogP contribution in [0.3, 0.4) is 0 Å². The first-order valence-electron chi connectivity index (χ1n) is 3.76. The summed E-state index contributed by atoms with van der Waals surface area (Å²) in [5.74, 6) is 0.813. The van der Waals surface area contributed by atoms with Crippen LogP contribution in [0.4, 0.5) is 0 Å². The minimum Gasteiger partial charge on any atom is -0.289 e. The van der Waals surface area contributed by atoms with Gasteiger partial charge in [-0.2, -0.15) is 0 Å². The first kappa shape index (κ1) is 6.59. The number of dihydropyridines is 1. The largest absolute Gasteiger partial charge is 0.289 e. The molecule has 0 radical (unpaired) electrons. The molecule has 1 aliphatic carbocycles. The standard InChI is InChI=1S/C8H10BrN/c9-7-3-4-10-8(5-7)6-1-2-6/h5-6H,1-4H2. The van der Waals surface area contributed by atoms with Gasteiger partial charge in [0, 0.05) is 18.2 Å². The Morgan fingerprint density at radius 3 is 2.90 bits per heavy atom. The van der Waals surface area contributed by atoms with Crippen molar-refractivity contribution in [1.82, 2.24) is 0 Å². The molecule has 0 spiro atoms. The molecule has 0 aromatic carbocycles. The lowest BCUT2D eigenvalue weighted by Crippen LogP contribution is -2.03. The van der Waals surface area contributed by atoms with E-state index >= 15 is 0 Å². The second-order valence-corrected chi connectivity index (χ2v) is 3.94. The lowest BCUT2D eigenvalue weighted by Gasteiger charge is -2.06. The zero-order valence-corrected chi connectivity index (χ0v) is 7.39. The Bertz CT molecular complexity index is 201. The van der Waals surface area contributed by atoms with Crippen molar-refractivity contribution in [3.05, 3.63) is 10.6 Å². The van der Waals surface area contributed by atoms with Gasteiger partial charge in [0.2, 0.25) is 0 Å². The van der Waals surface area contributed by atoms with Crippen LogP contribution < -0.4 is 0 Å². The van der Waals surface area contributed by atoms with Crippen molar-refractivity contribution in [2.45, 2.75) is 19.3 Å². The number of aliphatic imine (C=N–C) groups is 1. The predicted octanol–water partition coefficient (Wildman–Crippen LogP) is 2.52. The van der Waals surface area contributed by atoms with E-state index in [1.165, 1.54) is 23.0 Å². The van der Waals surface area contributed by atoms with Crippen LogP contribution in [0.1, 0.15) is 19.3 Å². The van der Waals surface area contributed by atoms with Gasteiger partial charge in [-0.05, 0) is 29.8 Å². The molecular formula is C8H10BrN. The fourth-order valence-electron chi connectivity index (χ4n) is 1.20. The second kappa shape index (κ2) is 2.50. The number of allylic oxidation sites excluding steroid dienone is 1. The van der Waals surface area contributed by atoms with E-state index in [1.807, 2.05) is 0 Å². The van der Waals surface area contributed by atoms with E-state index in [0.717, 1.165) is 18.9 Å². The number of hydrogen-bond acceptors (Lipinski definition) is 1. The van der Waals surface area contributed by atoms with Gasteiger partial charge in [0.1, 0.15) is 0 Å². The second-order valence-electron chi connectivity index (χ2n) is 2.92. The molecule has 0 aromatic rings. The van der Waals surface area contributed by atoms with Gasteiger partial charge in [-0.25, -0.2) is 0 Å². The Morgan fingerprint density at radius 2 is 2.30 bits per heavy atom. The smallest absolute Gasteiger partial charge is 0.0438 e. The first-order valence-corrected chi connectivity index (χ1v) is 4.56. The van der Waals surface area contributed by atoms with E-state index in [2.05, 4.69) is 27.0 Å². The van der Waals surface area contributed by atoms with E-state index in [0.29, 0.717) is 0 Å². The normalized spacial score (nSPS) is 25.7. The summed E-state index contributed by atoms with van der Waals surface area (Å²) in [5, 5.41) is 0. The molecule has 0 amide bonds. The molecule has 54 valence electrons. The summed E-state index contributed by atoms with van der Waals surface area (Å²) in [4.78, 5) is 4.45. The molecule has 0 saturated heterocycles. The molecule has 2 heteroatoms. The molecule has 1 saturated carbocycles. The third-order valence-electron chi connectivity index (χ3n) is 1.95. The van der Waals surface area contributed by atoms with Gasteiger partial charge in [-0.3, -0.25) is 4.99 Å². The molecule has 0 aromatic heterocycles. The maximum atomic E-state index is 4.45. The van der Waals surface area contributed by atoms with Crippen molar-refractivity contribution >= 4 is 21.6 Å². The molecule has 2 rings (SSSR count). The summed E-state index contributed by atoms with van der Waals surface area (Å²) in [6.07, 6.45) is 6.00. The summed E-state index contributed by atoms with van der Waals surface area (Å²) in [5.41, 5.74) is 1.33. The third-order valence-corrected chi connectivity index (χ3v) is 2.57. The summed E-state index contributed by atoms with van der Waals surface area (Å²) >= 11 is 3.50. The van der Waals surface area contributed by atoms with Crippen LogP contribution in [-0.4, -0.2) is 12.3 Å². The van der Waals surface area contributed by atoms with Gasteiger partial charge in [0.05, 0.1) is 0 Å². The zero-order chi connectivity index (χ0) is 6.97. The molecule has 2 aliphatic rings. The molecule has 10 heavy (non-hydrogen) atoms. The Kier molecular flexibility index (Phi) is 1.65. The van der Waals surface area contributed by atoms with Crippen LogP contribution in [0.25, 0.3) is 0 Å². The fraction of sp³-hybridized carbons (Fsp3) is 0.625. The highest BCUT2D eigenvalue weighted by molar-refractivity contribution is 9.11. The number of halogens is 1. The number of hydrogen-bond donors (Lipinski definition) is 0. The quantitative estimate of drug-likeness (QED) is 0.616. The molecule has 1 aliphatic heterocycles. The number of nitrogens with zero attached hydrogens (tertiary/aromatic N) is 1. The van der Waals surface area contributed by atoms with Crippen LogP contribution in [0, 0.1) is 5.92 Å². The molecule has 1 nitrogen and oxygen atoms in total. The van der Waals surface area contributed by atoms with Gasteiger partial charge in [0.25, 0.3) is 0 Å². The van der Waals surface area contributed by atoms with E-state index in [4.69, 9.17) is 0 Å². The van der Waals surface area contributed by atoms with Gasteiger partial charge >= 0.3 is 0 Å². The number of rotatable bonds is 1. The van der Waals surface area contributed by atoms with Crippen LogP contribution in [-0.2, 0) is 0 Å². The topological polar surface area (TPSA) is 12.4 Å². The van der Waals surface area contributed by atoms with Crippen LogP contribution in [0.5, 0.6) is 0 Å². The van der Waals surface area contributed by atoms with Crippen LogP contribution in [0.2, 0.25) is 0 Å². The van der Waals surface area contributed by atoms with Crippen molar-refractivity contribution in [2.75, 3.05) is 6.54 Å². The third kappa shape index (κ3) is 1.31. The van der Waals surface area contributed by atoms with Gasteiger partial charge < -0.3 is 0 Å². The highest BCUT2D eigenvalue weighted by Gasteiger charge is 2.26. The molecule has 0 unspecified atom stereocenters. The van der Waals surface area contributed by atoms with Crippen molar-refractivity contribution < 1.29 is 0 Å². The predicted molar refractivity (Wildman–Crippen MR) is 46.7 cm³/mol. The van der Waals surface area contributed by atoms with Gasteiger partial charge in [0.15, 0.2) is 0 Å². The van der Waals surface area contributed by atoms with Crippen LogP contribution >= 0.6 is 15.9 Å². The van der Waals surface area contributed by atoms with Crippen LogP contribution in [0.15, 0.2) is 15.6 Å². The minimum absolute atomic E-state index is 0.813. The maximum Gasteiger partial charge on any atom is 0.0438 e. The Labute approximate surface area is 69.4 Å². The zero-order valence-electron chi connectivity index (χ0n) is 5.81. The van der Waals surface area contributed by atoms with Crippen molar-refractivity contribution in [3.63, 3.8) is 0 Å². The van der Waals surface area contributed by atoms with E-state index < -0.39 is 0 Å². The Morgan fingerprint density at radius 1 is 1.50 bits per heavy atom. The SMILES string of the molecule is BrC1=CC(C2CC2)=NCC1. The minimum atomic E-state index is 0.813. The van der Waals surface area contributed by atoms with Gasteiger partial charge in [-0.15, -0.1) is 0 Å². The highest BCUT2D eigenvalue weighted by Crippen LogP contribution is 2.33. The monoisotopic (exact) mass is 199 g/mol. The molecule has 1 fully saturated rings. The summed E-state index contributed by atoms with van der Waals surface area (Å²) in [6, 6.07) is 0. The van der Waals surface area contributed by atoms with E-state index in [-0.39, 0.29) is 0 Å². The first-order chi connectivity index (χ1) is 4.86. The molecule has 0 N–H and O–H groups in total. The summed E-state index contributed by atoms with van der Waals surface area (Å²) < 4.78 is 1.32. The average Bonchev–Trinajstić information content (AvgIpc) is 2.68. The summed E-state index contributed by atoms with van der Waals surface area (Å²) in [7, 11) is 0. The van der Waals surface area contributed by atoms with Gasteiger partial charge in [-0.1, -0.05) is 15.9 Å². The highest BCUT2D eigenvalue weighted by atomic mass is 79.9. The fourth-order valence-corrected chi connectivity index (χ4v) is 1.61. The van der Waals surface area contributed by atoms with E-state index in [1.54, 1.807) is 0 Å². The Hall–Kier alpha value is -0.110. The maximum absolute atomic E-state index is 4.45. The van der Waals surface area contributed by atoms with Crippen molar-refractivity contribution in [1.29, 1.82) is 0 Å². The van der Waals surface area contributed by atoms with E-state index in [9.17, 15) is 0 Å². The molecule has 1 heterocycles. The molecule has 0 bridgehead atoms. The average molecular weight is 200 g/mol. The van der Waals surface area contributed by atoms with Crippen molar-refractivity contribution in [3.8, 4) is 0 Å². The summed E-state index contributed by atoms with van der Waals surface area (Å²) in [6.45, 7) is 0.989. The molecule has 0 atom stereocenters. The lowest BCUT2D eigenvalue weighted by atomic mass is 10.2. The Balaban J connectivity index is 2.12. The molecular weight excluding hydrogens is 190 g/mol. The van der Waals surface area contributed by atoms with Crippen molar-refractivity contribution in [2.24, 2.45) is 10.9 Å².